The number of aryl methyl sites for hydroxylation is 1. The normalized spacial score (nSPS) is 11.7. The van der Waals surface area contributed by atoms with E-state index in [1.165, 1.54) is 6.07 Å². The number of hydrogen-bond acceptors (Lipinski definition) is 4. The quantitative estimate of drug-likeness (QED) is 0.848. The average Bonchev–Trinajstić information content (AvgIpc) is 2.82. The van der Waals surface area contributed by atoms with E-state index in [0.717, 1.165) is 5.56 Å². The van der Waals surface area contributed by atoms with Crippen molar-refractivity contribution in [3.8, 4) is 0 Å². The van der Waals surface area contributed by atoms with Crippen LogP contribution in [0.15, 0.2) is 45.7 Å². The Kier molecular flexibility index (Phi) is 4.59. The molecule has 0 aliphatic heterocycles. The lowest BCUT2D eigenvalue weighted by molar-refractivity contribution is 0.244. The third kappa shape index (κ3) is 3.47. The molecule has 2 aromatic rings. The zero-order valence-electron chi connectivity index (χ0n) is 11.2. The first kappa shape index (κ1) is 14.8. The highest BCUT2D eigenvalue weighted by Gasteiger charge is 2.20. The topological polar surface area (TPSA) is 79.5 Å². The molecule has 0 fully saturated rings. The van der Waals surface area contributed by atoms with Gasteiger partial charge >= 0.3 is 0 Å². The molecule has 5 nitrogen and oxygen atoms in total. The maximum atomic E-state index is 12.1. The fraction of sp³-hybridized carbons (Fsp3) is 0.286. The van der Waals surface area contributed by atoms with Crippen LogP contribution in [0.1, 0.15) is 17.1 Å². The van der Waals surface area contributed by atoms with E-state index in [2.05, 4.69) is 4.72 Å². The Balaban J connectivity index is 2.02. The van der Waals surface area contributed by atoms with Crippen LogP contribution in [-0.4, -0.2) is 20.1 Å². The van der Waals surface area contributed by atoms with E-state index in [4.69, 9.17) is 9.52 Å². The van der Waals surface area contributed by atoms with Gasteiger partial charge in [-0.15, -0.1) is 0 Å². The van der Waals surface area contributed by atoms with Crippen LogP contribution in [0.5, 0.6) is 0 Å². The number of aliphatic hydroxyl groups is 1. The number of benzene rings is 1. The number of hydrogen-bond donors (Lipinski definition) is 2. The lowest BCUT2D eigenvalue weighted by Gasteiger charge is -2.05. The van der Waals surface area contributed by atoms with Gasteiger partial charge in [-0.1, -0.05) is 30.3 Å². The average molecular weight is 295 g/mol. The van der Waals surface area contributed by atoms with Gasteiger partial charge in [0.15, 0.2) is 0 Å². The molecule has 0 saturated heterocycles. The number of nitrogens with one attached hydrogen (secondary N) is 1. The fourth-order valence-corrected chi connectivity index (χ4v) is 3.15. The van der Waals surface area contributed by atoms with Crippen LogP contribution < -0.4 is 4.72 Å². The Hall–Kier alpha value is -1.63. The van der Waals surface area contributed by atoms with Crippen LogP contribution in [0, 0.1) is 6.92 Å². The van der Waals surface area contributed by atoms with Gasteiger partial charge in [0.05, 0.1) is 0 Å². The van der Waals surface area contributed by atoms with Crippen molar-refractivity contribution in [3.63, 3.8) is 0 Å². The predicted molar refractivity (Wildman–Crippen MR) is 74.7 cm³/mol. The summed E-state index contributed by atoms with van der Waals surface area (Å²) in [4.78, 5) is 0.0783. The Morgan fingerprint density at radius 3 is 2.55 bits per heavy atom. The highest BCUT2D eigenvalue weighted by atomic mass is 32.2. The van der Waals surface area contributed by atoms with Gasteiger partial charge in [-0.25, -0.2) is 13.1 Å². The Labute approximate surface area is 118 Å². The molecule has 2 rings (SSSR count). The Bertz CT molecular complexity index is 662. The molecule has 0 spiro atoms. The van der Waals surface area contributed by atoms with Gasteiger partial charge in [-0.3, -0.25) is 0 Å². The van der Waals surface area contributed by atoms with Gasteiger partial charge in [0.2, 0.25) is 10.0 Å². The lowest BCUT2D eigenvalue weighted by Crippen LogP contribution is -2.26. The van der Waals surface area contributed by atoms with E-state index < -0.39 is 10.0 Å². The monoisotopic (exact) mass is 295 g/mol. The fourth-order valence-electron chi connectivity index (χ4n) is 1.92. The van der Waals surface area contributed by atoms with Crippen molar-refractivity contribution in [2.75, 3.05) is 6.54 Å². The van der Waals surface area contributed by atoms with Gasteiger partial charge in [0.25, 0.3) is 0 Å². The molecular weight excluding hydrogens is 278 g/mol. The first-order valence-electron chi connectivity index (χ1n) is 6.26. The third-order valence-corrected chi connectivity index (χ3v) is 4.49. The molecule has 2 N–H and O–H groups in total. The summed E-state index contributed by atoms with van der Waals surface area (Å²) in [5, 5.41) is 8.96. The largest absolute Gasteiger partial charge is 0.462 e. The summed E-state index contributed by atoms with van der Waals surface area (Å²) in [5.41, 5.74) is 1.06. The molecule has 0 saturated carbocycles. The molecule has 20 heavy (non-hydrogen) atoms. The van der Waals surface area contributed by atoms with Crippen LogP contribution in [0.2, 0.25) is 0 Å². The number of rotatable bonds is 6. The third-order valence-electron chi connectivity index (χ3n) is 2.92. The minimum absolute atomic E-state index is 0.0783. The van der Waals surface area contributed by atoms with E-state index in [1.54, 1.807) is 6.92 Å². The van der Waals surface area contributed by atoms with Crippen LogP contribution in [0.4, 0.5) is 0 Å². The molecule has 6 heteroatoms. The summed E-state index contributed by atoms with van der Waals surface area (Å²) < 4.78 is 31.9. The summed E-state index contributed by atoms with van der Waals surface area (Å²) in [6.45, 7) is 1.55. The molecule has 0 aliphatic carbocycles. The van der Waals surface area contributed by atoms with Gasteiger partial charge in [-0.2, -0.15) is 0 Å². The van der Waals surface area contributed by atoms with Gasteiger partial charge < -0.3 is 9.52 Å². The van der Waals surface area contributed by atoms with Crippen molar-refractivity contribution in [1.29, 1.82) is 0 Å². The molecule has 0 unspecified atom stereocenters. The summed E-state index contributed by atoms with van der Waals surface area (Å²) >= 11 is 0. The smallest absolute Gasteiger partial charge is 0.244 e. The maximum absolute atomic E-state index is 12.1. The van der Waals surface area contributed by atoms with Crippen LogP contribution >= 0.6 is 0 Å². The zero-order valence-corrected chi connectivity index (χ0v) is 12.0. The van der Waals surface area contributed by atoms with E-state index in [9.17, 15) is 8.42 Å². The number of furan rings is 1. The SMILES string of the molecule is Cc1oc(CO)cc1S(=O)(=O)NCCc1ccccc1. The van der Waals surface area contributed by atoms with Crippen molar-refractivity contribution in [1.82, 2.24) is 4.72 Å². The highest BCUT2D eigenvalue weighted by molar-refractivity contribution is 7.89. The number of sulfonamides is 1. The zero-order chi connectivity index (χ0) is 14.6. The van der Waals surface area contributed by atoms with E-state index >= 15 is 0 Å². The second kappa shape index (κ2) is 6.21. The summed E-state index contributed by atoms with van der Waals surface area (Å²) in [6.07, 6.45) is 0.615. The molecule has 0 radical (unpaired) electrons. The molecular formula is C14H17NO4S. The van der Waals surface area contributed by atoms with Crippen LogP contribution in [-0.2, 0) is 23.1 Å². The van der Waals surface area contributed by atoms with Gasteiger partial charge in [0, 0.05) is 12.6 Å². The first-order valence-corrected chi connectivity index (χ1v) is 7.75. The van der Waals surface area contributed by atoms with Gasteiger partial charge in [-0.05, 0) is 18.9 Å². The van der Waals surface area contributed by atoms with E-state index in [1.807, 2.05) is 30.3 Å². The van der Waals surface area contributed by atoms with E-state index in [-0.39, 0.29) is 23.0 Å². The van der Waals surface area contributed by atoms with Crippen molar-refractivity contribution in [3.05, 3.63) is 53.5 Å². The van der Waals surface area contributed by atoms with Crippen molar-refractivity contribution < 1.29 is 17.9 Å². The van der Waals surface area contributed by atoms with Crippen molar-refractivity contribution in [2.45, 2.75) is 24.8 Å². The molecule has 0 atom stereocenters. The predicted octanol–water partition coefficient (Wildman–Crippen LogP) is 1.60. The van der Waals surface area contributed by atoms with Crippen molar-refractivity contribution >= 4 is 10.0 Å². The number of aliphatic hydroxyl groups excluding tert-OH is 1. The molecule has 1 heterocycles. The molecule has 0 bridgehead atoms. The second-order valence-corrected chi connectivity index (χ2v) is 6.16. The maximum Gasteiger partial charge on any atom is 0.244 e. The van der Waals surface area contributed by atoms with Crippen molar-refractivity contribution in [2.24, 2.45) is 0 Å². The van der Waals surface area contributed by atoms with Gasteiger partial charge in [0.1, 0.15) is 23.0 Å². The lowest BCUT2D eigenvalue weighted by atomic mass is 10.2. The standard InChI is InChI=1S/C14H17NO4S/c1-11-14(9-13(10-16)19-11)20(17,18)15-8-7-12-5-3-2-4-6-12/h2-6,9,15-16H,7-8,10H2,1H3. The highest BCUT2D eigenvalue weighted by Crippen LogP contribution is 2.19. The van der Waals surface area contributed by atoms with E-state index in [0.29, 0.717) is 13.0 Å². The molecule has 0 amide bonds. The minimum Gasteiger partial charge on any atom is -0.462 e. The second-order valence-electron chi connectivity index (χ2n) is 4.42. The Morgan fingerprint density at radius 2 is 1.95 bits per heavy atom. The summed E-state index contributed by atoms with van der Waals surface area (Å²) in [6, 6.07) is 11.0. The summed E-state index contributed by atoms with van der Waals surface area (Å²) in [5.74, 6) is 0.521. The molecule has 0 aliphatic rings. The molecule has 108 valence electrons. The first-order chi connectivity index (χ1) is 9.53. The Morgan fingerprint density at radius 1 is 1.25 bits per heavy atom. The minimum atomic E-state index is -3.61. The van der Waals surface area contributed by atoms with Crippen LogP contribution in [0.25, 0.3) is 0 Å². The molecule has 1 aromatic carbocycles. The van der Waals surface area contributed by atoms with Crippen LogP contribution in [0.3, 0.4) is 0 Å². The summed E-state index contributed by atoms with van der Waals surface area (Å²) in [7, 11) is -3.61. The molecule has 1 aromatic heterocycles.